The Bertz CT molecular complexity index is 627. The van der Waals surface area contributed by atoms with Crippen molar-refractivity contribution >= 4 is 12.2 Å². The predicted octanol–water partition coefficient (Wildman–Crippen LogP) is 3.83. The second kappa shape index (κ2) is 6.52. The number of aromatic nitrogens is 3. The van der Waals surface area contributed by atoms with E-state index in [0.717, 1.165) is 18.0 Å². The molecule has 0 aliphatic rings. The van der Waals surface area contributed by atoms with Crippen LogP contribution in [0, 0.1) is 4.77 Å². The van der Waals surface area contributed by atoms with Crippen LogP contribution in [0.4, 0.5) is 0 Å². The van der Waals surface area contributed by atoms with Crippen LogP contribution in [0.25, 0.3) is 0 Å². The monoisotopic (exact) mass is 289 g/mol. The highest BCUT2D eigenvalue weighted by atomic mass is 32.1. The Labute approximate surface area is 124 Å². The number of nitrogens with one attached hydrogen (secondary N) is 1. The van der Waals surface area contributed by atoms with Crippen molar-refractivity contribution in [3.05, 3.63) is 53.1 Å². The third kappa shape index (κ3) is 3.17. The average molecular weight is 289 g/mol. The molecule has 2 rings (SSSR count). The number of aromatic amines is 1. The molecule has 0 amide bonds. The van der Waals surface area contributed by atoms with E-state index in [2.05, 4.69) is 35.8 Å². The molecule has 1 aromatic heterocycles. The highest BCUT2D eigenvalue weighted by molar-refractivity contribution is 7.71. The molecule has 0 aliphatic carbocycles. The van der Waals surface area contributed by atoms with E-state index in [1.165, 1.54) is 5.56 Å². The Morgan fingerprint density at radius 2 is 2.15 bits per heavy atom. The smallest absolute Gasteiger partial charge is 0.195 e. The maximum atomic E-state index is 5.92. The zero-order valence-corrected chi connectivity index (χ0v) is 12.6. The van der Waals surface area contributed by atoms with Crippen molar-refractivity contribution in [2.24, 2.45) is 0 Å². The van der Waals surface area contributed by atoms with Gasteiger partial charge in [-0.25, -0.2) is 0 Å². The Morgan fingerprint density at radius 1 is 1.45 bits per heavy atom. The summed E-state index contributed by atoms with van der Waals surface area (Å²) in [6, 6.07) is 8.11. The van der Waals surface area contributed by atoms with Gasteiger partial charge in [0.2, 0.25) is 0 Å². The van der Waals surface area contributed by atoms with Gasteiger partial charge in [0.15, 0.2) is 16.7 Å². The molecule has 5 heteroatoms. The van der Waals surface area contributed by atoms with E-state index in [4.69, 9.17) is 17.0 Å². The number of allylic oxidation sites excluding steroid dienone is 1. The van der Waals surface area contributed by atoms with Crippen LogP contribution in [0.3, 0.4) is 0 Å². The lowest BCUT2D eigenvalue weighted by atomic mass is 10.2. The van der Waals surface area contributed by atoms with Gasteiger partial charge >= 0.3 is 0 Å². The van der Waals surface area contributed by atoms with Gasteiger partial charge in [0.1, 0.15) is 5.75 Å². The maximum Gasteiger partial charge on any atom is 0.195 e. The first-order valence-corrected chi connectivity index (χ1v) is 7.08. The van der Waals surface area contributed by atoms with Crippen LogP contribution < -0.4 is 4.74 Å². The van der Waals surface area contributed by atoms with E-state index in [9.17, 15) is 0 Å². The van der Waals surface area contributed by atoms with Gasteiger partial charge < -0.3 is 4.74 Å². The second-order valence-electron chi connectivity index (χ2n) is 4.54. The van der Waals surface area contributed by atoms with Gasteiger partial charge in [-0.3, -0.25) is 9.67 Å². The normalized spacial score (nSPS) is 12.1. The lowest BCUT2D eigenvalue weighted by Crippen LogP contribution is -2.11. The zero-order valence-electron chi connectivity index (χ0n) is 11.8. The van der Waals surface area contributed by atoms with Gasteiger partial charge in [0.05, 0.1) is 0 Å². The molecule has 20 heavy (non-hydrogen) atoms. The summed E-state index contributed by atoms with van der Waals surface area (Å²) < 4.78 is 8.38. The molecule has 1 atom stereocenters. The third-order valence-corrected chi connectivity index (χ3v) is 3.42. The van der Waals surface area contributed by atoms with Gasteiger partial charge in [-0.05, 0) is 43.3 Å². The topological polar surface area (TPSA) is 42.8 Å². The Hall–Kier alpha value is -1.88. The summed E-state index contributed by atoms with van der Waals surface area (Å²) >= 11 is 5.20. The second-order valence-corrected chi connectivity index (χ2v) is 4.93. The van der Waals surface area contributed by atoms with Crippen molar-refractivity contribution in [2.75, 3.05) is 0 Å². The fourth-order valence-electron chi connectivity index (χ4n) is 2.01. The quantitative estimate of drug-likeness (QED) is 0.649. The first-order valence-electron chi connectivity index (χ1n) is 6.67. The molecule has 0 saturated heterocycles. The van der Waals surface area contributed by atoms with Crippen molar-refractivity contribution in [1.29, 1.82) is 0 Å². The van der Waals surface area contributed by atoms with Crippen LogP contribution in [0.2, 0.25) is 0 Å². The first-order chi connectivity index (χ1) is 9.65. The molecular formula is C15H19N3OS. The minimum Gasteiger partial charge on any atom is -0.483 e. The van der Waals surface area contributed by atoms with E-state index in [-0.39, 0.29) is 6.10 Å². The molecule has 0 aliphatic heterocycles. The van der Waals surface area contributed by atoms with Crippen LogP contribution in [-0.4, -0.2) is 14.8 Å². The molecule has 1 heterocycles. The summed E-state index contributed by atoms with van der Waals surface area (Å²) in [7, 11) is 0. The van der Waals surface area contributed by atoms with Crippen LogP contribution in [0.1, 0.15) is 31.3 Å². The van der Waals surface area contributed by atoms with E-state index in [0.29, 0.717) is 11.3 Å². The van der Waals surface area contributed by atoms with E-state index in [1.54, 1.807) is 6.08 Å². The number of ether oxygens (including phenoxy) is 1. The van der Waals surface area contributed by atoms with Gasteiger partial charge in [-0.2, -0.15) is 5.10 Å². The number of hydrogen-bond acceptors (Lipinski definition) is 3. The number of benzene rings is 1. The summed E-state index contributed by atoms with van der Waals surface area (Å²) in [4.78, 5) is 0. The summed E-state index contributed by atoms with van der Waals surface area (Å²) in [6.45, 7) is 8.44. The number of aryl methyl sites for hydroxylation is 1. The van der Waals surface area contributed by atoms with E-state index < -0.39 is 0 Å². The highest BCUT2D eigenvalue weighted by Gasteiger charge is 2.15. The fourth-order valence-corrected chi connectivity index (χ4v) is 2.22. The highest BCUT2D eigenvalue weighted by Crippen LogP contribution is 2.21. The number of H-pyrrole nitrogens is 1. The number of nitrogens with zero attached hydrogens (tertiary/aromatic N) is 2. The predicted molar refractivity (Wildman–Crippen MR) is 82.5 cm³/mol. The van der Waals surface area contributed by atoms with Gasteiger partial charge in [-0.1, -0.05) is 25.1 Å². The van der Waals surface area contributed by atoms with Crippen LogP contribution in [0.5, 0.6) is 5.75 Å². The molecule has 0 spiro atoms. The number of hydrogen-bond donors (Lipinski definition) is 1. The molecule has 1 aromatic carbocycles. The fraction of sp³-hybridized carbons (Fsp3) is 0.333. The minimum absolute atomic E-state index is 0.185. The molecule has 0 bridgehead atoms. The van der Waals surface area contributed by atoms with Crippen molar-refractivity contribution in [3.8, 4) is 5.75 Å². The molecule has 0 saturated carbocycles. The van der Waals surface area contributed by atoms with Crippen LogP contribution in [0.15, 0.2) is 36.9 Å². The SMILES string of the molecule is C=CCn1c([C@H](C)Oc2ccc(CC)cc2)n[nH]c1=S. The summed E-state index contributed by atoms with van der Waals surface area (Å²) in [6.07, 6.45) is 2.63. The van der Waals surface area contributed by atoms with Gasteiger partial charge in [0, 0.05) is 6.54 Å². The summed E-state index contributed by atoms with van der Waals surface area (Å²) in [5, 5.41) is 7.03. The summed E-state index contributed by atoms with van der Waals surface area (Å²) in [5.74, 6) is 1.60. The summed E-state index contributed by atoms with van der Waals surface area (Å²) in [5.41, 5.74) is 1.29. The standard InChI is InChI=1S/C15H19N3OS/c1-4-10-18-14(16-17-15(18)20)11(3)19-13-8-6-12(5-2)7-9-13/h4,6-9,11H,1,5,10H2,2-3H3,(H,17,20)/t11-/m0/s1. The van der Waals surface area contributed by atoms with E-state index >= 15 is 0 Å². The molecule has 0 unspecified atom stereocenters. The average Bonchev–Trinajstić information content (AvgIpc) is 2.82. The molecule has 4 nitrogen and oxygen atoms in total. The molecular weight excluding hydrogens is 270 g/mol. The minimum atomic E-state index is -0.185. The van der Waals surface area contributed by atoms with Crippen LogP contribution in [-0.2, 0) is 13.0 Å². The van der Waals surface area contributed by atoms with Crippen molar-refractivity contribution in [1.82, 2.24) is 14.8 Å². The zero-order chi connectivity index (χ0) is 14.5. The first kappa shape index (κ1) is 14.5. The Balaban J connectivity index is 2.16. The van der Waals surface area contributed by atoms with E-state index in [1.807, 2.05) is 23.6 Å². The largest absolute Gasteiger partial charge is 0.483 e. The molecule has 0 radical (unpaired) electrons. The van der Waals surface area contributed by atoms with Crippen molar-refractivity contribution in [2.45, 2.75) is 32.9 Å². The van der Waals surface area contributed by atoms with Gasteiger partial charge in [-0.15, -0.1) is 6.58 Å². The Kier molecular flexibility index (Phi) is 4.74. The lowest BCUT2D eigenvalue weighted by molar-refractivity contribution is 0.211. The van der Waals surface area contributed by atoms with Crippen molar-refractivity contribution < 1.29 is 4.74 Å². The van der Waals surface area contributed by atoms with Crippen LogP contribution >= 0.6 is 12.2 Å². The molecule has 106 valence electrons. The Morgan fingerprint density at radius 3 is 2.75 bits per heavy atom. The van der Waals surface area contributed by atoms with Crippen molar-refractivity contribution in [3.63, 3.8) is 0 Å². The lowest BCUT2D eigenvalue weighted by Gasteiger charge is -2.15. The number of rotatable bonds is 6. The molecule has 1 N–H and O–H groups in total. The molecule has 0 fully saturated rings. The maximum absolute atomic E-state index is 5.92. The third-order valence-electron chi connectivity index (χ3n) is 3.11. The van der Waals surface area contributed by atoms with Gasteiger partial charge in [0.25, 0.3) is 0 Å². The molecule has 2 aromatic rings.